The first kappa shape index (κ1) is 6.45. The van der Waals surface area contributed by atoms with E-state index in [1.54, 1.807) is 0 Å². The Balaban J connectivity index is 3.41. The van der Waals surface area contributed by atoms with Gasteiger partial charge in [-0.15, -0.1) is 5.26 Å². The fourth-order valence-corrected chi connectivity index (χ4v) is 0.152. The van der Waals surface area contributed by atoms with Gasteiger partial charge in [0.05, 0.1) is 6.07 Å². The lowest BCUT2D eigenvalue weighted by Gasteiger charge is -1.81. The molecule has 0 saturated carbocycles. The van der Waals surface area contributed by atoms with E-state index in [9.17, 15) is 4.79 Å². The van der Waals surface area contributed by atoms with E-state index in [1.165, 1.54) is 6.07 Å². The van der Waals surface area contributed by atoms with Crippen molar-refractivity contribution >= 4 is 5.97 Å². The van der Waals surface area contributed by atoms with Gasteiger partial charge in [-0.1, -0.05) is 0 Å². The third-order valence-corrected chi connectivity index (χ3v) is 0.383. The first-order valence-corrected chi connectivity index (χ1v) is 1.77. The van der Waals surface area contributed by atoms with Gasteiger partial charge in [0.2, 0.25) is 0 Å². The van der Waals surface area contributed by atoms with Gasteiger partial charge in [-0.25, -0.2) is 4.79 Å². The predicted octanol–water partition coefficient (Wildman–Crippen LogP) is -0.0756. The molecule has 0 atom stereocenters. The third kappa shape index (κ3) is 2.67. The number of nitriles is 2. The molecule has 0 aromatic rings. The molecular formula is C4H2N2O2. The Morgan fingerprint density at radius 2 is 2.25 bits per heavy atom. The van der Waals surface area contributed by atoms with Crippen LogP contribution in [-0.4, -0.2) is 5.97 Å². The van der Waals surface area contributed by atoms with Gasteiger partial charge >= 0.3 is 5.97 Å². The lowest BCUT2D eigenvalue weighted by atomic mass is 10.5. The van der Waals surface area contributed by atoms with Gasteiger partial charge in [-0.3, -0.25) is 0 Å². The lowest BCUT2D eigenvalue weighted by molar-refractivity contribution is -0.135. The second-order valence-electron chi connectivity index (χ2n) is 0.900. The molecule has 0 aromatic heterocycles. The van der Waals surface area contributed by atoms with E-state index < -0.39 is 5.97 Å². The lowest BCUT2D eigenvalue weighted by Crippen LogP contribution is -1.96. The quantitative estimate of drug-likeness (QED) is 0.349. The summed E-state index contributed by atoms with van der Waals surface area (Å²) in [5, 5.41) is 15.5. The molecule has 0 radical (unpaired) electrons. The molecule has 0 heterocycles. The van der Waals surface area contributed by atoms with Crippen molar-refractivity contribution in [3.05, 3.63) is 0 Å². The molecule has 0 spiro atoms. The van der Waals surface area contributed by atoms with E-state index in [2.05, 4.69) is 4.74 Å². The van der Waals surface area contributed by atoms with Crippen LogP contribution in [0.15, 0.2) is 0 Å². The molecule has 8 heavy (non-hydrogen) atoms. The summed E-state index contributed by atoms with van der Waals surface area (Å²) in [5.41, 5.74) is 0. The number of hydrogen-bond donors (Lipinski definition) is 0. The van der Waals surface area contributed by atoms with E-state index in [-0.39, 0.29) is 6.42 Å². The molecule has 4 heteroatoms. The minimum atomic E-state index is -0.810. The predicted molar refractivity (Wildman–Crippen MR) is 21.9 cm³/mol. The van der Waals surface area contributed by atoms with Gasteiger partial charge < -0.3 is 4.74 Å². The van der Waals surface area contributed by atoms with Gasteiger partial charge in [-0.2, -0.15) is 5.26 Å². The van der Waals surface area contributed by atoms with E-state index in [0.717, 1.165) is 6.26 Å². The maximum absolute atomic E-state index is 9.98. The van der Waals surface area contributed by atoms with Crippen LogP contribution in [0.5, 0.6) is 0 Å². The summed E-state index contributed by atoms with van der Waals surface area (Å²) in [6.45, 7) is 0. The van der Waals surface area contributed by atoms with Crippen LogP contribution in [0.4, 0.5) is 0 Å². The van der Waals surface area contributed by atoms with Crippen molar-refractivity contribution in [2.75, 3.05) is 0 Å². The minimum Gasteiger partial charge on any atom is -0.350 e. The number of carbonyl (C=O) groups is 1. The smallest absolute Gasteiger partial charge is 0.335 e. The summed E-state index contributed by atoms with van der Waals surface area (Å²) in [6.07, 6.45) is 0.784. The van der Waals surface area contributed by atoms with Crippen molar-refractivity contribution in [3.8, 4) is 12.3 Å². The van der Waals surface area contributed by atoms with Crippen LogP contribution in [0.1, 0.15) is 6.42 Å². The van der Waals surface area contributed by atoms with E-state index in [1.807, 2.05) is 0 Å². The Hall–Kier alpha value is -1.55. The van der Waals surface area contributed by atoms with Crippen LogP contribution in [0, 0.1) is 22.8 Å². The zero-order chi connectivity index (χ0) is 6.41. The van der Waals surface area contributed by atoms with E-state index >= 15 is 0 Å². The van der Waals surface area contributed by atoms with E-state index in [4.69, 9.17) is 10.5 Å². The van der Waals surface area contributed by atoms with Gasteiger partial charge in [0.25, 0.3) is 6.26 Å². The van der Waals surface area contributed by atoms with Crippen molar-refractivity contribution in [3.63, 3.8) is 0 Å². The van der Waals surface area contributed by atoms with Crippen LogP contribution in [0.3, 0.4) is 0 Å². The Morgan fingerprint density at radius 3 is 2.62 bits per heavy atom. The summed E-state index contributed by atoms with van der Waals surface area (Å²) < 4.78 is 3.73. The molecule has 0 aliphatic carbocycles. The van der Waals surface area contributed by atoms with Crippen LogP contribution < -0.4 is 0 Å². The SMILES string of the molecule is N#CCC(=O)OC#N. The van der Waals surface area contributed by atoms with Crippen LogP contribution in [-0.2, 0) is 9.53 Å². The molecule has 0 unspecified atom stereocenters. The second-order valence-corrected chi connectivity index (χ2v) is 0.900. The molecule has 0 rings (SSSR count). The molecule has 40 valence electrons. The van der Waals surface area contributed by atoms with Crippen LogP contribution in [0.2, 0.25) is 0 Å². The first-order chi connectivity index (χ1) is 3.81. The maximum Gasteiger partial charge on any atom is 0.335 e. The van der Waals surface area contributed by atoms with Gasteiger partial charge in [0.15, 0.2) is 0 Å². The van der Waals surface area contributed by atoms with Crippen LogP contribution in [0.25, 0.3) is 0 Å². The highest BCUT2D eigenvalue weighted by atomic mass is 16.5. The summed E-state index contributed by atoms with van der Waals surface area (Å²) in [5.74, 6) is -0.810. The van der Waals surface area contributed by atoms with Crippen molar-refractivity contribution < 1.29 is 9.53 Å². The largest absolute Gasteiger partial charge is 0.350 e. The highest BCUT2D eigenvalue weighted by Crippen LogP contribution is 1.79. The van der Waals surface area contributed by atoms with Gasteiger partial charge in [0.1, 0.15) is 6.42 Å². The Bertz CT molecular complexity index is 144. The monoisotopic (exact) mass is 110 g/mol. The number of ether oxygens (including phenoxy) is 1. The minimum absolute atomic E-state index is 0.367. The Labute approximate surface area is 45.9 Å². The highest BCUT2D eigenvalue weighted by molar-refractivity contribution is 5.72. The highest BCUT2D eigenvalue weighted by Gasteiger charge is 1.97. The molecule has 0 aromatic carbocycles. The molecule has 0 saturated heterocycles. The Morgan fingerprint density at radius 1 is 1.62 bits per heavy atom. The van der Waals surface area contributed by atoms with Gasteiger partial charge in [-0.05, 0) is 0 Å². The maximum atomic E-state index is 9.98. The normalized spacial score (nSPS) is 6.25. The molecule has 0 amide bonds. The number of hydrogen-bond acceptors (Lipinski definition) is 4. The van der Waals surface area contributed by atoms with Crippen molar-refractivity contribution in [2.24, 2.45) is 0 Å². The van der Waals surface area contributed by atoms with Crippen molar-refractivity contribution in [2.45, 2.75) is 6.42 Å². The van der Waals surface area contributed by atoms with Gasteiger partial charge in [0, 0.05) is 0 Å². The number of esters is 1. The van der Waals surface area contributed by atoms with E-state index in [0.29, 0.717) is 0 Å². The summed E-state index contributed by atoms with van der Waals surface area (Å²) >= 11 is 0. The summed E-state index contributed by atoms with van der Waals surface area (Å²) in [6, 6.07) is 1.53. The summed E-state index contributed by atoms with van der Waals surface area (Å²) in [7, 11) is 0. The number of carbonyl (C=O) groups excluding carboxylic acids is 1. The first-order valence-electron chi connectivity index (χ1n) is 1.77. The third-order valence-electron chi connectivity index (χ3n) is 0.383. The number of rotatable bonds is 1. The van der Waals surface area contributed by atoms with Crippen molar-refractivity contribution in [1.29, 1.82) is 10.5 Å². The zero-order valence-corrected chi connectivity index (χ0v) is 3.92. The number of nitrogens with zero attached hydrogens (tertiary/aromatic N) is 2. The van der Waals surface area contributed by atoms with Crippen molar-refractivity contribution in [1.82, 2.24) is 0 Å². The Kier molecular flexibility index (Phi) is 2.93. The fraction of sp³-hybridized carbons (Fsp3) is 0.250. The molecule has 0 bridgehead atoms. The standard InChI is InChI=1S/C4H2N2O2/c5-2-1-4(7)8-3-6/h1H2. The molecule has 0 N–H and O–H groups in total. The average molecular weight is 110 g/mol. The molecule has 0 aliphatic heterocycles. The average Bonchev–Trinajstić information content (AvgIpc) is 1.68. The topological polar surface area (TPSA) is 73.9 Å². The second kappa shape index (κ2) is 3.63. The fourth-order valence-electron chi connectivity index (χ4n) is 0.152. The molecule has 0 aliphatic rings. The summed E-state index contributed by atoms with van der Waals surface area (Å²) in [4.78, 5) is 9.98. The molecule has 4 nitrogen and oxygen atoms in total. The molecule has 0 fully saturated rings. The molecular weight excluding hydrogens is 108 g/mol. The zero-order valence-electron chi connectivity index (χ0n) is 3.92. The van der Waals surface area contributed by atoms with Crippen LogP contribution >= 0.6 is 0 Å².